The van der Waals surface area contributed by atoms with E-state index >= 15 is 0 Å². The van der Waals surface area contributed by atoms with Gasteiger partial charge in [0.25, 0.3) is 10.0 Å². The molecule has 0 bridgehead atoms. The Kier molecular flexibility index (Phi) is 4.63. The van der Waals surface area contributed by atoms with E-state index in [0.29, 0.717) is 13.0 Å². The minimum atomic E-state index is -3.98. The summed E-state index contributed by atoms with van der Waals surface area (Å²) in [5, 5.41) is 18.8. The number of likely N-dealkylation sites (N-methyl/N-ethyl adjacent to an activating group) is 1. The standard InChI is InChI=1S/C11H17N3O5S2/c1-13(2)4-7-3-8(15)5-14(7)21(18,19)11-9(10(16)17)12-6-20-11/h6-8,15H,3-5H2,1-2H3,(H,16,17). The van der Waals surface area contributed by atoms with E-state index in [1.807, 2.05) is 19.0 Å². The number of hydrogen-bond donors (Lipinski definition) is 2. The number of aromatic carboxylic acids is 1. The third kappa shape index (κ3) is 3.24. The Morgan fingerprint density at radius 2 is 2.24 bits per heavy atom. The predicted octanol–water partition coefficient (Wildman–Crippen LogP) is -0.473. The summed E-state index contributed by atoms with van der Waals surface area (Å²) in [5.74, 6) is -1.38. The van der Waals surface area contributed by atoms with Crippen molar-refractivity contribution in [1.82, 2.24) is 14.2 Å². The first-order valence-electron chi connectivity index (χ1n) is 6.25. The Labute approximate surface area is 126 Å². The number of carboxylic acid groups (broad SMARTS) is 1. The molecule has 2 N–H and O–H groups in total. The molecule has 0 aromatic carbocycles. The summed E-state index contributed by atoms with van der Waals surface area (Å²) in [7, 11) is -0.356. The average Bonchev–Trinajstić information content (AvgIpc) is 2.95. The van der Waals surface area contributed by atoms with Crippen LogP contribution in [0.1, 0.15) is 16.9 Å². The molecule has 0 radical (unpaired) electrons. The lowest BCUT2D eigenvalue weighted by Gasteiger charge is -2.25. The van der Waals surface area contributed by atoms with Gasteiger partial charge in [-0.25, -0.2) is 18.2 Å². The van der Waals surface area contributed by atoms with Crippen LogP contribution in [-0.2, 0) is 10.0 Å². The van der Waals surface area contributed by atoms with Crippen molar-refractivity contribution in [1.29, 1.82) is 0 Å². The number of sulfonamides is 1. The van der Waals surface area contributed by atoms with Gasteiger partial charge in [-0.15, -0.1) is 11.3 Å². The quantitative estimate of drug-likeness (QED) is 0.748. The van der Waals surface area contributed by atoms with E-state index in [1.165, 1.54) is 9.82 Å². The Balaban J connectivity index is 2.37. The molecule has 1 aliphatic heterocycles. The molecule has 0 saturated carbocycles. The largest absolute Gasteiger partial charge is 0.476 e. The SMILES string of the molecule is CN(C)CC1CC(O)CN1S(=O)(=O)c1scnc1C(=O)O. The molecule has 2 unspecified atom stereocenters. The third-order valence-corrected chi connectivity index (χ3v) is 6.46. The molecule has 1 saturated heterocycles. The lowest BCUT2D eigenvalue weighted by Crippen LogP contribution is -2.41. The van der Waals surface area contributed by atoms with Crippen molar-refractivity contribution in [3.63, 3.8) is 0 Å². The zero-order valence-corrected chi connectivity index (χ0v) is 13.3. The Morgan fingerprint density at radius 1 is 1.57 bits per heavy atom. The number of rotatable bonds is 5. The second-order valence-corrected chi connectivity index (χ2v) is 8.11. The van der Waals surface area contributed by atoms with Gasteiger partial charge in [-0.05, 0) is 20.5 Å². The number of aliphatic hydroxyl groups excluding tert-OH is 1. The van der Waals surface area contributed by atoms with Crippen molar-refractivity contribution >= 4 is 27.3 Å². The van der Waals surface area contributed by atoms with E-state index in [4.69, 9.17) is 5.11 Å². The number of hydrogen-bond acceptors (Lipinski definition) is 7. The number of aromatic nitrogens is 1. The summed E-state index contributed by atoms with van der Waals surface area (Å²) in [6.07, 6.45) is -0.413. The summed E-state index contributed by atoms with van der Waals surface area (Å²) in [5.41, 5.74) is 0.731. The molecule has 1 aliphatic rings. The van der Waals surface area contributed by atoms with Crippen LogP contribution in [0.15, 0.2) is 9.72 Å². The smallest absolute Gasteiger partial charge is 0.356 e. The summed E-state index contributed by atoms with van der Waals surface area (Å²) >= 11 is 0.777. The fourth-order valence-electron chi connectivity index (χ4n) is 2.41. The van der Waals surface area contributed by atoms with E-state index in [-0.39, 0.29) is 16.8 Å². The first-order chi connectivity index (χ1) is 9.73. The molecule has 8 nitrogen and oxygen atoms in total. The van der Waals surface area contributed by atoms with Gasteiger partial charge in [0.15, 0.2) is 9.90 Å². The van der Waals surface area contributed by atoms with Crippen molar-refractivity contribution in [2.24, 2.45) is 0 Å². The highest BCUT2D eigenvalue weighted by atomic mass is 32.2. The zero-order valence-electron chi connectivity index (χ0n) is 11.6. The molecule has 10 heteroatoms. The van der Waals surface area contributed by atoms with Crippen LogP contribution in [0.5, 0.6) is 0 Å². The average molecular weight is 335 g/mol. The van der Waals surface area contributed by atoms with Gasteiger partial charge < -0.3 is 15.1 Å². The highest BCUT2D eigenvalue weighted by Gasteiger charge is 2.42. The van der Waals surface area contributed by atoms with Crippen LogP contribution in [-0.4, -0.2) is 78.1 Å². The highest BCUT2D eigenvalue weighted by molar-refractivity contribution is 7.91. The molecule has 118 valence electrons. The van der Waals surface area contributed by atoms with Gasteiger partial charge in [-0.3, -0.25) is 0 Å². The van der Waals surface area contributed by atoms with Gasteiger partial charge in [0, 0.05) is 19.1 Å². The molecule has 0 amide bonds. The molecule has 1 aromatic rings. The van der Waals surface area contributed by atoms with Gasteiger partial charge >= 0.3 is 5.97 Å². The number of aliphatic hydroxyl groups is 1. The maximum absolute atomic E-state index is 12.7. The molecular formula is C11H17N3O5S2. The van der Waals surface area contributed by atoms with Crippen LogP contribution in [0.25, 0.3) is 0 Å². The zero-order chi connectivity index (χ0) is 15.8. The number of carbonyl (C=O) groups is 1. The molecule has 2 atom stereocenters. The predicted molar refractivity (Wildman–Crippen MR) is 75.9 cm³/mol. The number of carboxylic acids is 1. The number of nitrogens with zero attached hydrogens (tertiary/aromatic N) is 3. The van der Waals surface area contributed by atoms with Crippen LogP contribution < -0.4 is 0 Å². The van der Waals surface area contributed by atoms with Crippen molar-refractivity contribution < 1.29 is 23.4 Å². The fourth-order valence-corrected chi connectivity index (χ4v) is 5.33. The minimum absolute atomic E-state index is 0.0300. The lowest BCUT2D eigenvalue weighted by atomic mass is 10.2. The highest BCUT2D eigenvalue weighted by Crippen LogP contribution is 2.30. The Bertz CT molecular complexity index is 628. The maximum Gasteiger partial charge on any atom is 0.356 e. The molecule has 2 heterocycles. The Hall–Kier alpha value is -1.07. The second kappa shape index (κ2) is 5.97. The van der Waals surface area contributed by atoms with Crippen LogP contribution in [0.2, 0.25) is 0 Å². The van der Waals surface area contributed by atoms with Crippen LogP contribution in [0, 0.1) is 0 Å². The normalized spacial score (nSPS) is 23.8. The first kappa shape index (κ1) is 16.3. The van der Waals surface area contributed by atoms with Crippen molar-refractivity contribution in [2.75, 3.05) is 27.2 Å². The number of thiazole rings is 1. The monoisotopic (exact) mass is 335 g/mol. The molecular weight excluding hydrogens is 318 g/mol. The van der Waals surface area contributed by atoms with Gasteiger partial charge in [0.1, 0.15) is 0 Å². The van der Waals surface area contributed by atoms with Crippen molar-refractivity contribution in [3.8, 4) is 0 Å². The summed E-state index contributed by atoms with van der Waals surface area (Å²) in [6, 6.07) is -0.385. The lowest BCUT2D eigenvalue weighted by molar-refractivity contribution is 0.0687. The van der Waals surface area contributed by atoms with Crippen molar-refractivity contribution in [2.45, 2.75) is 22.8 Å². The summed E-state index contributed by atoms with van der Waals surface area (Å²) in [6.45, 7) is 0.426. The molecule has 21 heavy (non-hydrogen) atoms. The van der Waals surface area contributed by atoms with Crippen LogP contribution in [0.3, 0.4) is 0 Å². The molecule has 0 spiro atoms. The molecule has 0 aliphatic carbocycles. The number of β-amino-alcohol motifs (C(OH)–C–C–N with tert-alkyl or cyclic N) is 1. The minimum Gasteiger partial charge on any atom is -0.476 e. The van der Waals surface area contributed by atoms with Gasteiger partial charge in [-0.2, -0.15) is 4.31 Å². The van der Waals surface area contributed by atoms with Gasteiger partial charge in [0.2, 0.25) is 0 Å². The summed E-state index contributed by atoms with van der Waals surface area (Å²) < 4.78 is 26.2. The Morgan fingerprint density at radius 3 is 2.81 bits per heavy atom. The van der Waals surface area contributed by atoms with E-state index in [2.05, 4.69) is 4.98 Å². The second-order valence-electron chi connectivity index (χ2n) is 5.17. The molecule has 1 aromatic heterocycles. The topological polar surface area (TPSA) is 111 Å². The van der Waals surface area contributed by atoms with Crippen LogP contribution in [0.4, 0.5) is 0 Å². The van der Waals surface area contributed by atoms with Gasteiger partial charge in [0.05, 0.1) is 11.6 Å². The van der Waals surface area contributed by atoms with E-state index in [9.17, 15) is 18.3 Å². The van der Waals surface area contributed by atoms with Crippen molar-refractivity contribution in [3.05, 3.63) is 11.2 Å². The third-order valence-electron chi connectivity index (χ3n) is 3.20. The molecule has 1 fully saturated rings. The maximum atomic E-state index is 12.7. The van der Waals surface area contributed by atoms with E-state index in [1.54, 1.807) is 0 Å². The van der Waals surface area contributed by atoms with Crippen LogP contribution >= 0.6 is 11.3 Å². The molecule has 2 rings (SSSR count). The summed E-state index contributed by atoms with van der Waals surface area (Å²) in [4.78, 5) is 16.5. The fraction of sp³-hybridized carbons (Fsp3) is 0.636. The first-order valence-corrected chi connectivity index (χ1v) is 8.57. The van der Waals surface area contributed by atoms with Gasteiger partial charge in [-0.1, -0.05) is 0 Å². The van der Waals surface area contributed by atoms with E-state index in [0.717, 1.165) is 11.3 Å². The van der Waals surface area contributed by atoms with E-state index < -0.39 is 27.8 Å².